The Labute approximate surface area is 122 Å². The van der Waals surface area contributed by atoms with Crippen molar-refractivity contribution in [1.82, 2.24) is 10.3 Å². The van der Waals surface area contributed by atoms with Crippen LogP contribution in [-0.4, -0.2) is 18.0 Å². The predicted molar refractivity (Wildman–Crippen MR) is 77.6 cm³/mol. The largest absolute Gasteiger partial charge is 0.380 e. The van der Waals surface area contributed by atoms with Gasteiger partial charge < -0.3 is 10.1 Å². The molecule has 2 rings (SSSR count). The molecule has 0 aliphatic rings. The van der Waals surface area contributed by atoms with Crippen LogP contribution < -0.4 is 5.32 Å². The molecule has 1 amide bonds. The zero-order chi connectivity index (χ0) is 14.4. The topological polar surface area (TPSA) is 51.2 Å². The van der Waals surface area contributed by atoms with Crippen LogP contribution in [0.2, 0.25) is 5.02 Å². The van der Waals surface area contributed by atoms with Gasteiger partial charge in [-0.05, 0) is 17.2 Å². The lowest BCUT2D eigenvalue weighted by Gasteiger charge is -2.10. The number of hydrogen-bond acceptors (Lipinski definition) is 3. The average molecular weight is 291 g/mol. The first-order valence-electron chi connectivity index (χ1n) is 6.16. The molecule has 0 bridgehead atoms. The summed E-state index contributed by atoms with van der Waals surface area (Å²) in [4.78, 5) is 15.9. The van der Waals surface area contributed by atoms with E-state index in [1.54, 1.807) is 19.4 Å². The number of carbonyl (C=O) groups is 1. The molecule has 0 aliphatic carbocycles. The van der Waals surface area contributed by atoms with E-state index in [0.29, 0.717) is 23.7 Å². The van der Waals surface area contributed by atoms with Gasteiger partial charge in [0.1, 0.15) is 0 Å². The van der Waals surface area contributed by atoms with Crippen molar-refractivity contribution in [3.8, 4) is 0 Å². The van der Waals surface area contributed by atoms with E-state index in [2.05, 4.69) is 10.3 Å². The van der Waals surface area contributed by atoms with Crippen molar-refractivity contribution in [3.05, 3.63) is 64.4 Å². The molecular weight excluding hydrogens is 276 g/mol. The minimum atomic E-state index is -0.218. The number of ether oxygens (including phenoxy) is 1. The van der Waals surface area contributed by atoms with Gasteiger partial charge in [-0.25, -0.2) is 0 Å². The fraction of sp³-hybridized carbons (Fsp3) is 0.200. The third-order valence-electron chi connectivity index (χ3n) is 2.87. The lowest BCUT2D eigenvalue weighted by Crippen LogP contribution is -2.23. The van der Waals surface area contributed by atoms with Crippen molar-refractivity contribution in [3.63, 3.8) is 0 Å². The Morgan fingerprint density at radius 2 is 2.05 bits per heavy atom. The molecule has 0 atom stereocenters. The SMILES string of the molecule is COCc1ccccc1CNC(=O)c1ccncc1Cl. The van der Waals surface area contributed by atoms with E-state index in [1.807, 2.05) is 24.3 Å². The second kappa shape index (κ2) is 7.03. The Morgan fingerprint density at radius 3 is 2.75 bits per heavy atom. The fourth-order valence-corrected chi connectivity index (χ4v) is 2.06. The van der Waals surface area contributed by atoms with Crippen LogP contribution in [0.25, 0.3) is 0 Å². The average Bonchev–Trinajstić information content (AvgIpc) is 2.47. The lowest BCUT2D eigenvalue weighted by atomic mass is 10.1. The van der Waals surface area contributed by atoms with Crippen molar-refractivity contribution in [2.75, 3.05) is 7.11 Å². The van der Waals surface area contributed by atoms with Crippen LogP contribution in [0.4, 0.5) is 0 Å². The lowest BCUT2D eigenvalue weighted by molar-refractivity contribution is 0.0950. The van der Waals surface area contributed by atoms with E-state index in [0.717, 1.165) is 11.1 Å². The monoisotopic (exact) mass is 290 g/mol. The molecule has 0 spiro atoms. The Bertz CT molecular complexity index is 602. The van der Waals surface area contributed by atoms with Gasteiger partial charge in [0.25, 0.3) is 5.91 Å². The van der Waals surface area contributed by atoms with Gasteiger partial charge in [-0.15, -0.1) is 0 Å². The van der Waals surface area contributed by atoms with Gasteiger partial charge in [-0.3, -0.25) is 9.78 Å². The van der Waals surface area contributed by atoms with E-state index in [4.69, 9.17) is 16.3 Å². The maximum atomic E-state index is 12.1. The number of carbonyl (C=O) groups excluding carboxylic acids is 1. The molecule has 2 aromatic rings. The van der Waals surface area contributed by atoms with Crippen LogP contribution in [0.5, 0.6) is 0 Å². The first-order valence-corrected chi connectivity index (χ1v) is 6.53. The highest BCUT2D eigenvalue weighted by Crippen LogP contribution is 2.14. The molecule has 1 aromatic heterocycles. The number of nitrogens with zero attached hydrogens (tertiary/aromatic N) is 1. The number of methoxy groups -OCH3 is 1. The van der Waals surface area contributed by atoms with Gasteiger partial charge in [-0.2, -0.15) is 0 Å². The Balaban J connectivity index is 2.06. The normalized spacial score (nSPS) is 10.3. The fourth-order valence-electron chi connectivity index (χ4n) is 1.86. The molecule has 5 heteroatoms. The molecule has 1 N–H and O–H groups in total. The minimum absolute atomic E-state index is 0.218. The van der Waals surface area contributed by atoms with Gasteiger partial charge in [0.05, 0.1) is 17.2 Å². The van der Waals surface area contributed by atoms with E-state index in [1.165, 1.54) is 6.20 Å². The summed E-state index contributed by atoms with van der Waals surface area (Å²) in [5, 5.41) is 3.19. The predicted octanol–water partition coefficient (Wildman–Crippen LogP) is 2.81. The van der Waals surface area contributed by atoms with E-state index >= 15 is 0 Å². The number of halogens is 1. The van der Waals surface area contributed by atoms with Crippen molar-refractivity contribution >= 4 is 17.5 Å². The molecular formula is C15H15ClN2O2. The quantitative estimate of drug-likeness (QED) is 0.921. The number of pyridine rings is 1. The first-order chi connectivity index (χ1) is 9.72. The molecule has 1 heterocycles. The highest BCUT2D eigenvalue weighted by Gasteiger charge is 2.10. The minimum Gasteiger partial charge on any atom is -0.380 e. The zero-order valence-corrected chi connectivity index (χ0v) is 11.9. The Morgan fingerprint density at radius 1 is 1.30 bits per heavy atom. The van der Waals surface area contributed by atoms with Crippen LogP contribution in [0.15, 0.2) is 42.7 Å². The highest BCUT2D eigenvalue weighted by atomic mass is 35.5. The molecule has 0 saturated carbocycles. The third kappa shape index (κ3) is 3.56. The second-order valence-corrected chi connectivity index (χ2v) is 4.65. The second-order valence-electron chi connectivity index (χ2n) is 4.24. The van der Waals surface area contributed by atoms with Gasteiger partial charge in [0, 0.05) is 26.0 Å². The molecule has 20 heavy (non-hydrogen) atoms. The summed E-state index contributed by atoms with van der Waals surface area (Å²) in [6.45, 7) is 0.944. The summed E-state index contributed by atoms with van der Waals surface area (Å²) < 4.78 is 5.14. The Hall–Kier alpha value is -1.91. The maximum Gasteiger partial charge on any atom is 0.253 e. The van der Waals surface area contributed by atoms with E-state index in [9.17, 15) is 4.79 Å². The molecule has 1 aromatic carbocycles. The van der Waals surface area contributed by atoms with Crippen LogP contribution in [-0.2, 0) is 17.9 Å². The number of nitrogens with one attached hydrogen (secondary N) is 1. The molecule has 4 nitrogen and oxygen atoms in total. The maximum absolute atomic E-state index is 12.1. The van der Waals surface area contributed by atoms with E-state index < -0.39 is 0 Å². The molecule has 0 radical (unpaired) electrons. The summed E-state index contributed by atoms with van der Waals surface area (Å²) in [6, 6.07) is 9.41. The first kappa shape index (κ1) is 14.5. The van der Waals surface area contributed by atoms with Gasteiger partial charge in [0.15, 0.2) is 0 Å². The molecule has 104 valence electrons. The summed E-state index contributed by atoms with van der Waals surface area (Å²) in [7, 11) is 1.64. The number of rotatable bonds is 5. The molecule has 0 aliphatic heterocycles. The smallest absolute Gasteiger partial charge is 0.253 e. The Kier molecular flexibility index (Phi) is 5.09. The zero-order valence-electron chi connectivity index (χ0n) is 11.1. The summed E-state index contributed by atoms with van der Waals surface area (Å²) in [6.07, 6.45) is 3.00. The molecule has 0 saturated heterocycles. The van der Waals surface area contributed by atoms with Crippen LogP contribution >= 0.6 is 11.6 Å². The number of hydrogen-bond donors (Lipinski definition) is 1. The summed E-state index contributed by atoms with van der Waals surface area (Å²) >= 11 is 5.94. The third-order valence-corrected chi connectivity index (χ3v) is 3.18. The van der Waals surface area contributed by atoms with Crippen molar-refractivity contribution in [2.24, 2.45) is 0 Å². The van der Waals surface area contributed by atoms with Crippen molar-refractivity contribution in [1.29, 1.82) is 0 Å². The number of amides is 1. The van der Waals surface area contributed by atoms with Gasteiger partial charge in [0.2, 0.25) is 0 Å². The summed E-state index contributed by atoms with van der Waals surface area (Å²) in [5.41, 5.74) is 2.50. The standard InChI is InChI=1S/C15H15ClN2O2/c1-20-10-12-5-3-2-4-11(12)8-18-15(19)13-6-7-17-9-14(13)16/h2-7,9H,8,10H2,1H3,(H,18,19). The van der Waals surface area contributed by atoms with E-state index in [-0.39, 0.29) is 5.91 Å². The van der Waals surface area contributed by atoms with Crippen LogP contribution in [0.3, 0.4) is 0 Å². The van der Waals surface area contributed by atoms with Gasteiger partial charge >= 0.3 is 0 Å². The van der Waals surface area contributed by atoms with Gasteiger partial charge in [-0.1, -0.05) is 35.9 Å². The van der Waals surface area contributed by atoms with Crippen LogP contribution in [0, 0.1) is 0 Å². The number of aromatic nitrogens is 1. The van der Waals surface area contributed by atoms with Crippen molar-refractivity contribution in [2.45, 2.75) is 13.2 Å². The van der Waals surface area contributed by atoms with Crippen LogP contribution in [0.1, 0.15) is 21.5 Å². The van der Waals surface area contributed by atoms with Crippen molar-refractivity contribution < 1.29 is 9.53 Å². The molecule has 0 unspecified atom stereocenters. The number of benzene rings is 1. The molecule has 0 fully saturated rings. The highest BCUT2D eigenvalue weighted by molar-refractivity contribution is 6.33. The summed E-state index contributed by atoms with van der Waals surface area (Å²) in [5.74, 6) is -0.218.